The average molecular weight is 192 g/mol. The van der Waals surface area contributed by atoms with Gasteiger partial charge in [0.05, 0.1) is 5.69 Å². The number of benzene rings is 1. The second-order valence-corrected chi connectivity index (χ2v) is 3.41. The first-order chi connectivity index (χ1) is 6.83. The minimum absolute atomic E-state index is 0.211. The molecule has 1 saturated heterocycles. The van der Waals surface area contributed by atoms with Crippen molar-refractivity contribution in [2.45, 2.75) is 19.0 Å². The molecule has 0 bridgehead atoms. The highest BCUT2D eigenvalue weighted by Gasteiger charge is 2.26. The Labute approximate surface area is 82.1 Å². The lowest BCUT2D eigenvalue weighted by atomic mass is 10.2. The smallest absolute Gasteiger partial charge is 0.163 e. The Kier molecular flexibility index (Phi) is 2.35. The molecule has 2 rings (SSSR count). The predicted octanol–water partition coefficient (Wildman–Crippen LogP) is 2.08. The van der Waals surface area contributed by atoms with Crippen molar-refractivity contribution in [1.29, 1.82) is 0 Å². The maximum atomic E-state index is 10.5. The summed E-state index contributed by atoms with van der Waals surface area (Å²) in [7, 11) is 0. The highest BCUT2D eigenvalue weighted by atomic mass is 16.3. The molecule has 1 N–H and O–H groups in total. The molecular weight excluding hydrogens is 180 g/mol. The molecule has 4 nitrogen and oxygen atoms in total. The summed E-state index contributed by atoms with van der Waals surface area (Å²) in [5.41, 5.74) is 0.703. The Morgan fingerprint density at radius 1 is 1.43 bits per heavy atom. The van der Waals surface area contributed by atoms with Gasteiger partial charge < -0.3 is 10.0 Å². The minimum Gasteiger partial charge on any atom is -0.506 e. The van der Waals surface area contributed by atoms with Gasteiger partial charge in [-0.15, -0.1) is 4.91 Å². The minimum atomic E-state index is -0.316. The summed E-state index contributed by atoms with van der Waals surface area (Å²) in [6.45, 7) is 0.786. The maximum Gasteiger partial charge on any atom is 0.163 e. The molecule has 0 saturated carbocycles. The Morgan fingerprint density at radius 3 is 2.93 bits per heavy atom. The Morgan fingerprint density at radius 2 is 2.21 bits per heavy atom. The standard InChI is InChI=1S/C10H12N2O2/c13-9-5-2-1-4-8(9)12-7-3-6-10(12)11-14/h1-2,4-5,10,13H,3,6-7H2. The number of aromatic hydroxyl groups is 1. The van der Waals surface area contributed by atoms with Crippen molar-refractivity contribution in [3.05, 3.63) is 29.2 Å². The second-order valence-electron chi connectivity index (χ2n) is 3.41. The zero-order valence-electron chi connectivity index (χ0n) is 7.76. The Hall–Kier alpha value is -1.58. The summed E-state index contributed by atoms with van der Waals surface area (Å²) >= 11 is 0. The molecule has 1 heterocycles. The van der Waals surface area contributed by atoms with E-state index in [1.807, 2.05) is 11.0 Å². The van der Waals surface area contributed by atoms with Crippen LogP contribution in [0.5, 0.6) is 5.75 Å². The largest absolute Gasteiger partial charge is 0.506 e. The van der Waals surface area contributed by atoms with Crippen LogP contribution in [0, 0.1) is 4.91 Å². The van der Waals surface area contributed by atoms with Crippen molar-refractivity contribution in [3.63, 3.8) is 0 Å². The Bertz CT molecular complexity index is 341. The van der Waals surface area contributed by atoms with Crippen molar-refractivity contribution in [1.82, 2.24) is 0 Å². The third-order valence-corrected chi connectivity index (χ3v) is 2.53. The molecule has 0 radical (unpaired) electrons. The normalized spacial score (nSPS) is 21.1. The van der Waals surface area contributed by atoms with Crippen LogP contribution in [0.15, 0.2) is 29.4 Å². The van der Waals surface area contributed by atoms with Gasteiger partial charge in [-0.3, -0.25) is 0 Å². The van der Waals surface area contributed by atoms with Crippen molar-refractivity contribution in [2.75, 3.05) is 11.4 Å². The molecule has 1 unspecified atom stereocenters. The van der Waals surface area contributed by atoms with E-state index in [1.54, 1.807) is 18.2 Å². The SMILES string of the molecule is O=NC1CCCN1c1ccccc1O. The first kappa shape index (κ1) is 8.99. The van der Waals surface area contributed by atoms with Crippen molar-refractivity contribution < 1.29 is 5.11 Å². The topological polar surface area (TPSA) is 52.9 Å². The van der Waals surface area contributed by atoms with Gasteiger partial charge in [-0.25, -0.2) is 0 Å². The average Bonchev–Trinajstić information content (AvgIpc) is 2.66. The van der Waals surface area contributed by atoms with Gasteiger partial charge >= 0.3 is 0 Å². The lowest BCUT2D eigenvalue weighted by Crippen LogP contribution is -2.26. The van der Waals surface area contributed by atoms with E-state index in [-0.39, 0.29) is 11.9 Å². The predicted molar refractivity (Wildman–Crippen MR) is 54.3 cm³/mol. The molecule has 1 aliphatic rings. The molecule has 4 heteroatoms. The Balaban J connectivity index is 2.30. The fourth-order valence-electron chi connectivity index (χ4n) is 1.85. The lowest BCUT2D eigenvalue weighted by molar-refractivity contribution is 0.473. The van der Waals surface area contributed by atoms with Crippen LogP contribution in [0.2, 0.25) is 0 Å². The summed E-state index contributed by atoms with van der Waals surface area (Å²) in [6, 6.07) is 7.03. The van der Waals surface area contributed by atoms with E-state index in [0.29, 0.717) is 5.69 Å². The molecule has 0 spiro atoms. The summed E-state index contributed by atoms with van der Waals surface area (Å²) in [5, 5.41) is 12.7. The number of hydrogen-bond acceptors (Lipinski definition) is 4. The molecule has 0 aliphatic carbocycles. The lowest BCUT2D eigenvalue weighted by Gasteiger charge is -2.22. The van der Waals surface area contributed by atoms with Gasteiger partial charge in [-0.1, -0.05) is 12.1 Å². The van der Waals surface area contributed by atoms with Crippen LogP contribution in [0.3, 0.4) is 0 Å². The van der Waals surface area contributed by atoms with Crippen LogP contribution in [0.1, 0.15) is 12.8 Å². The number of hydrogen-bond donors (Lipinski definition) is 1. The van der Waals surface area contributed by atoms with Gasteiger partial charge in [0, 0.05) is 6.54 Å². The van der Waals surface area contributed by atoms with Crippen LogP contribution in [0.4, 0.5) is 5.69 Å². The highest BCUT2D eigenvalue weighted by molar-refractivity contribution is 5.58. The van der Waals surface area contributed by atoms with Crippen LogP contribution in [-0.4, -0.2) is 17.8 Å². The fourth-order valence-corrected chi connectivity index (χ4v) is 1.85. The second kappa shape index (κ2) is 3.65. The zero-order chi connectivity index (χ0) is 9.97. The summed E-state index contributed by atoms with van der Waals surface area (Å²) in [6.07, 6.45) is 1.41. The summed E-state index contributed by atoms with van der Waals surface area (Å²) in [5.74, 6) is 0.211. The molecule has 0 aromatic heterocycles. The molecule has 1 aliphatic heterocycles. The van der Waals surface area contributed by atoms with E-state index in [9.17, 15) is 10.0 Å². The van der Waals surface area contributed by atoms with Gasteiger partial charge in [0.25, 0.3) is 0 Å². The summed E-state index contributed by atoms with van der Waals surface area (Å²) < 4.78 is 0. The number of rotatable bonds is 2. The van der Waals surface area contributed by atoms with Crippen LogP contribution >= 0.6 is 0 Å². The molecule has 1 aromatic rings. The van der Waals surface area contributed by atoms with Gasteiger partial charge in [-0.2, -0.15) is 0 Å². The monoisotopic (exact) mass is 192 g/mol. The number of nitrogens with zero attached hydrogens (tertiary/aromatic N) is 2. The van der Waals surface area contributed by atoms with Crippen LogP contribution in [-0.2, 0) is 0 Å². The molecule has 1 atom stereocenters. The van der Waals surface area contributed by atoms with Gasteiger partial charge in [-0.05, 0) is 30.2 Å². The van der Waals surface area contributed by atoms with Crippen molar-refractivity contribution in [2.24, 2.45) is 5.18 Å². The molecular formula is C10H12N2O2. The molecule has 0 amide bonds. The van der Waals surface area contributed by atoms with E-state index < -0.39 is 0 Å². The number of para-hydroxylation sites is 2. The molecule has 74 valence electrons. The van der Waals surface area contributed by atoms with E-state index in [2.05, 4.69) is 5.18 Å². The molecule has 1 aromatic carbocycles. The van der Waals surface area contributed by atoms with Crippen molar-refractivity contribution >= 4 is 5.69 Å². The third kappa shape index (κ3) is 1.43. The van der Waals surface area contributed by atoms with E-state index in [4.69, 9.17) is 0 Å². The fraction of sp³-hybridized carbons (Fsp3) is 0.400. The van der Waals surface area contributed by atoms with Gasteiger partial charge in [0.15, 0.2) is 6.17 Å². The van der Waals surface area contributed by atoms with Gasteiger partial charge in [0.1, 0.15) is 5.75 Å². The zero-order valence-corrected chi connectivity index (χ0v) is 7.76. The number of nitroso groups, excluding NO2 is 1. The van der Waals surface area contributed by atoms with E-state index >= 15 is 0 Å². The van der Waals surface area contributed by atoms with Crippen LogP contribution in [0.25, 0.3) is 0 Å². The van der Waals surface area contributed by atoms with E-state index in [0.717, 1.165) is 19.4 Å². The number of phenolic OH excluding ortho intramolecular Hbond substituents is 1. The molecule has 1 fully saturated rings. The first-order valence-corrected chi connectivity index (χ1v) is 4.70. The number of phenols is 1. The van der Waals surface area contributed by atoms with Crippen molar-refractivity contribution in [3.8, 4) is 5.75 Å². The first-order valence-electron chi connectivity index (χ1n) is 4.70. The number of anilines is 1. The van der Waals surface area contributed by atoms with E-state index in [1.165, 1.54) is 0 Å². The van der Waals surface area contributed by atoms with Gasteiger partial charge in [0.2, 0.25) is 0 Å². The quantitative estimate of drug-likeness (QED) is 0.730. The maximum absolute atomic E-state index is 10.5. The highest BCUT2D eigenvalue weighted by Crippen LogP contribution is 2.32. The third-order valence-electron chi connectivity index (χ3n) is 2.53. The summed E-state index contributed by atoms with van der Waals surface area (Å²) in [4.78, 5) is 12.4. The molecule has 14 heavy (non-hydrogen) atoms. The van der Waals surface area contributed by atoms with Crippen LogP contribution < -0.4 is 4.90 Å².